The fourth-order valence-electron chi connectivity index (χ4n) is 15.6. The van der Waals surface area contributed by atoms with E-state index in [1.165, 1.54) is 24.0 Å². The van der Waals surface area contributed by atoms with E-state index in [9.17, 15) is 19.8 Å². The Balaban J connectivity index is 0.844. The molecule has 6 aliphatic rings. The maximum Gasteiger partial charge on any atom is 0.302 e. The molecule has 4 saturated carbocycles. The van der Waals surface area contributed by atoms with Gasteiger partial charge in [-0.25, -0.2) is 0 Å². The van der Waals surface area contributed by atoms with E-state index in [4.69, 9.17) is 4.74 Å². The Morgan fingerprint density at radius 3 is 1.95 bits per heavy atom. The Hall–Kier alpha value is -3.40. The lowest BCUT2D eigenvalue weighted by Gasteiger charge is -2.71. The number of piperazine rings is 1. The summed E-state index contributed by atoms with van der Waals surface area (Å²) in [4.78, 5) is 34.6. The number of esters is 1. The van der Waals surface area contributed by atoms with Crippen molar-refractivity contribution in [2.24, 2.45) is 56.7 Å². The predicted molar refractivity (Wildman–Crippen MR) is 260 cm³/mol. The van der Waals surface area contributed by atoms with Crippen LogP contribution in [0.5, 0.6) is 11.5 Å². The van der Waals surface area contributed by atoms with Crippen molar-refractivity contribution in [1.82, 2.24) is 20.0 Å². The van der Waals surface area contributed by atoms with Gasteiger partial charge in [0.05, 0.1) is 5.41 Å². The lowest BCUT2D eigenvalue weighted by molar-refractivity contribution is -0.212. The molecule has 1 heterocycles. The number of hydrogen-bond donors (Lipinski definition) is 3. The van der Waals surface area contributed by atoms with Crippen molar-refractivity contribution in [3.8, 4) is 11.5 Å². The van der Waals surface area contributed by atoms with Crippen LogP contribution < -0.4 is 5.32 Å². The highest BCUT2D eigenvalue weighted by Gasteiger charge is 2.69. The number of fused-ring (bicyclic) bond motifs is 7. The van der Waals surface area contributed by atoms with Gasteiger partial charge in [0.25, 0.3) is 0 Å². The van der Waals surface area contributed by atoms with Crippen LogP contribution in [-0.4, -0.2) is 95.3 Å². The molecule has 0 radical (unpaired) electrons. The Labute approximate surface area is 392 Å². The number of aromatic hydroxyl groups is 2. The number of rotatable bonds is 14. The molecule has 0 aromatic heterocycles. The van der Waals surface area contributed by atoms with Gasteiger partial charge in [0.15, 0.2) is 0 Å². The van der Waals surface area contributed by atoms with Crippen LogP contribution in [0, 0.1) is 56.7 Å². The molecule has 9 heteroatoms. The van der Waals surface area contributed by atoms with Crippen molar-refractivity contribution in [3.05, 3.63) is 71.3 Å². The third kappa shape index (κ3) is 9.18. The van der Waals surface area contributed by atoms with Crippen LogP contribution in [-0.2, 0) is 27.4 Å². The predicted octanol–water partition coefficient (Wildman–Crippen LogP) is 10.2. The van der Waals surface area contributed by atoms with E-state index in [2.05, 4.69) is 74.6 Å². The van der Waals surface area contributed by atoms with E-state index in [1.807, 2.05) is 24.3 Å². The lowest BCUT2D eigenvalue weighted by Crippen LogP contribution is -2.66. The SMILES string of the molecule is CC(=O)O[C@H]1CC[C@]2(C)[C@H]3CC=C4[C@@H]5[C@@H](C)[C@H](C)CC[C@]5(C(=O)NCCCN5CCN(CCCN(Cc6ccc(O)cc6)Cc6ccc(O)cc6)CC5)CC[C@@]4(C)[C@]3(C)CC[C@H]2C1(C)C. The molecular weight excluding hydrogens is 809 g/mol. The fourth-order valence-corrected chi connectivity index (χ4v) is 15.6. The van der Waals surface area contributed by atoms with Crippen LogP contribution in [0.25, 0.3) is 0 Å². The molecule has 0 unspecified atom stereocenters. The molecule has 3 N–H and O–H groups in total. The van der Waals surface area contributed by atoms with Crippen molar-refractivity contribution in [2.75, 3.05) is 52.4 Å². The summed E-state index contributed by atoms with van der Waals surface area (Å²) >= 11 is 0. The normalized spacial score (nSPS) is 35.8. The van der Waals surface area contributed by atoms with Crippen molar-refractivity contribution >= 4 is 11.9 Å². The van der Waals surface area contributed by atoms with Crippen LogP contribution in [0.15, 0.2) is 60.2 Å². The molecule has 0 bridgehead atoms. The summed E-state index contributed by atoms with van der Waals surface area (Å²) in [5.41, 5.74) is 4.05. The summed E-state index contributed by atoms with van der Waals surface area (Å²) in [6, 6.07) is 15.0. The molecule has 358 valence electrons. The topological polar surface area (TPSA) is 106 Å². The van der Waals surface area contributed by atoms with Gasteiger partial charge in [-0.05, 0) is 165 Å². The molecule has 2 aromatic rings. The standard InChI is InChI=1S/C56H84N4O5/c1-39-21-26-56(28-27-54(7)46(50(56)40(39)2)19-20-48-53(6)24-23-49(65-41(3)61)52(4,5)47(53)22-25-55(48,54)8)51(64)57-29-9-30-58-33-35-59(36-34-58)31-10-32-60(37-42-11-15-44(62)16-12-42)38-43-13-17-45(63)18-14-43/h11-19,39-40,47-50,62-63H,9-10,20-38H2,1-8H3,(H,57,64)/t39-,40+,47+,48-,49+,50+,53+,54-,55-,56+/m1/s1. The quantitative estimate of drug-likeness (QED) is 0.0979. The van der Waals surface area contributed by atoms with Gasteiger partial charge in [0, 0.05) is 64.7 Å². The number of phenolic OH excluding ortho intramolecular Hbond substituents is 2. The van der Waals surface area contributed by atoms with Crippen LogP contribution >= 0.6 is 0 Å². The van der Waals surface area contributed by atoms with Crippen LogP contribution in [0.4, 0.5) is 0 Å². The van der Waals surface area contributed by atoms with E-state index < -0.39 is 0 Å². The number of phenols is 2. The summed E-state index contributed by atoms with van der Waals surface area (Å²) in [5, 5.41) is 23.2. The molecule has 8 rings (SSSR count). The van der Waals surface area contributed by atoms with Crippen LogP contribution in [0.2, 0.25) is 0 Å². The third-order valence-corrected chi connectivity index (χ3v) is 19.7. The minimum absolute atomic E-state index is 0.0102. The maximum absolute atomic E-state index is 14.8. The first-order valence-corrected chi connectivity index (χ1v) is 25.8. The van der Waals surface area contributed by atoms with Gasteiger partial charge in [-0.15, -0.1) is 0 Å². The molecule has 1 aliphatic heterocycles. The Morgan fingerprint density at radius 2 is 1.35 bits per heavy atom. The number of carbonyl (C=O) groups is 2. The van der Waals surface area contributed by atoms with Crippen molar-refractivity contribution in [3.63, 3.8) is 0 Å². The average Bonchev–Trinajstić information content (AvgIpc) is 3.26. The van der Waals surface area contributed by atoms with Gasteiger partial charge in [-0.1, -0.05) is 84.4 Å². The lowest BCUT2D eigenvalue weighted by atomic mass is 9.33. The van der Waals surface area contributed by atoms with Crippen LogP contribution in [0.3, 0.4) is 0 Å². The molecule has 1 saturated heterocycles. The largest absolute Gasteiger partial charge is 0.508 e. The van der Waals surface area contributed by atoms with Gasteiger partial charge in [0.1, 0.15) is 17.6 Å². The molecule has 0 spiro atoms. The summed E-state index contributed by atoms with van der Waals surface area (Å²) in [6.07, 6.45) is 14.5. The summed E-state index contributed by atoms with van der Waals surface area (Å²) < 4.78 is 6.00. The van der Waals surface area contributed by atoms with Gasteiger partial charge >= 0.3 is 5.97 Å². The summed E-state index contributed by atoms with van der Waals surface area (Å²) in [5.74, 6) is 3.23. The first kappa shape index (κ1) is 48.1. The highest BCUT2D eigenvalue weighted by Crippen LogP contribution is 2.76. The summed E-state index contributed by atoms with van der Waals surface area (Å²) in [7, 11) is 0. The summed E-state index contributed by atoms with van der Waals surface area (Å²) in [6.45, 7) is 28.8. The number of allylic oxidation sites excluding steroid dienone is 2. The number of benzene rings is 2. The maximum atomic E-state index is 14.8. The highest BCUT2D eigenvalue weighted by atomic mass is 16.5. The van der Waals surface area contributed by atoms with Crippen molar-refractivity contribution in [1.29, 1.82) is 0 Å². The van der Waals surface area contributed by atoms with Gasteiger partial charge < -0.3 is 30.1 Å². The molecule has 65 heavy (non-hydrogen) atoms. The number of carbonyl (C=O) groups excluding carboxylic acids is 2. The van der Waals surface area contributed by atoms with Gasteiger partial charge in [-0.2, -0.15) is 0 Å². The van der Waals surface area contributed by atoms with Gasteiger partial charge in [-0.3, -0.25) is 14.5 Å². The molecule has 2 aromatic carbocycles. The average molecular weight is 893 g/mol. The molecule has 10 atom stereocenters. The minimum atomic E-state index is -0.318. The zero-order valence-electron chi connectivity index (χ0n) is 41.5. The Bertz CT molecular complexity index is 1960. The second-order valence-corrected chi connectivity index (χ2v) is 23.5. The first-order chi connectivity index (χ1) is 30.9. The molecule has 1 amide bonds. The van der Waals surface area contributed by atoms with E-state index >= 15 is 0 Å². The second kappa shape index (κ2) is 18.9. The Kier molecular flexibility index (Phi) is 14.0. The molecule has 5 fully saturated rings. The van der Waals surface area contributed by atoms with Crippen molar-refractivity contribution in [2.45, 2.75) is 145 Å². The molecule has 9 nitrogen and oxygen atoms in total. The first-order valence-electron chi connectivity index (χ1n) is 25.8. The smallest absolute Gasteiger partial charge is 0.302 e. The van der Waals surface area contributed by atoms with Gasteiger partial charge in [0.2, 0.25) is 5.91 Å². The zero-order chi connectivity index (χ0) is 46.4. The fraction of sp³-hybridized carbons (Fsp3) is 0.714. The van der Waals surface area contributed by atoms with Crippen molar-refractivity contribution < 1.29 is 24.5 Å². The van der Waals surface area contributed by atoms with E-state index in [1.54, 1.807) is 36.8 Å². The van der Waals surface area contributed by atoms with Crippen LogP contribution in [0.1, 0.15) is 137 Å². The molecule has 5 aliphatic carbocycles. The second-order valence-electron chi connectivity index (χ2n) is 23.5. The van der Waals surface area contributed by atoms with E-state index in [0.717, 1.165) is 123 Å². The number of amides is 1. The van der Waals surface area contributed by atoms with E-state index in [0.29, 0.717) is 35.5 Å². The minimum Gasteiger partial charge on any atom is -0.508 e. The number of nitrogens with one attached hydrogen (secondary N) is 1. The zero-order valence-corrected chi connectivity index (χ0v) is 41.5. The monoisotopic (exact) mass is 893 g/mol. The number of hydrogen-bond acceptors (Lipinski definition) is 8. The molecular formula is C56H84N4O5. The highest BCUT2D eigenvalue weighted by molar-refractivity contribution is 5.84. The Morgan fingerprint density at radius 1 is 0.754 bits per heavy atom. The number of ether oxygens (including phenoxy) is 1. The van der Waals surface area contributed by atoms with E-state index in [-0.39, 0.29) is 50.6 Å². The number of nitrogens with zero attached hydrogens (tertiary/aromatic N) is 3. The third-order valence-electron chi connectivity index (χ3n) is 19.7.